The van der Waals surface area contributed by atoms with Crippen molar-refractivity contribution in [3.05, 3.63) is 34.9 Å². The van der Waals surface area contributed by atoms with Crippen molar-refractivity contribution in [1.29, 1.82) is 0 Å². The number of hydrogen-bond acceptors (Lipinski definition) is 2. The molecule has 2 fully saturated rings. The van der Waals surface area contributed by atoms with E-state index in [1.807, 2.05) is 0 Å². The third-order valence-electron chi connectivity index (χ3n) is 6.84. The molecule has 4 N–H and O–H groups in total. The molecule has 27 heavy (non-hydrogen) atoms. The third-order valence-corrected chi connectivity index (χ3v) is 6.84. The Hall–Kier alpha value is -1.44. The van der Waals surface area contributed by atoms with E-state index >= 15 is 0 Å². The van der Waals surface area contributed by atoms with Crippen molar-refractivity contribution in [3.8, 4) is 0 Å². The van der Waals surface area contributed by atoms with Crippen LogP contribution in [0.4, 0.5) is 11.4 Å². The van der Waals surface area contributed by atoms with Gasteiger partial charge in [-0.05, 0) is 86.0 Å². The molecule has 150 valence electrons. The zero-order valence-electron chi connectivity index (χ0n) is 17.4. The lowest BCUT2D eigenvalue weighted by molar-refractivity contribution is 0.419. The highest BCUT2D eigenvalue weighted by molar-refractivity contribution is 5.69. The van der Waals surface area contributed by atoms with Crippen LogP contribution in [0.2, 0.25) is 0 Å². The zero-order valence-corrected chi connectivity index (χ0v) is 17.4. The molecular formula is C25H40N2. The standard InChI is InChI=1S/C25H40N2/c1-2-3-4-5-12-17-21-23(26)18-22(19-13-8-6-9-14-19)24(25(21)27)20-15-10-7-11-16-20/h3-4,18-20H,2,5-17,26-27H2,1H3. The van der Waals surface area contributed by atoms with Gasteiger partial charge in [0, 0.05) is 11.4 Å². The lowest BCUT2D eigenvalue weighted by Crippen LogP contribution is -2.17. The first-order valence-electron chi connectivity index (χ1n) is 11.6. The van der Waals surface area contributed by atoms with Gasteiger partial charge in [-0.15, -0.1) is 0 Å². The topological polar surface area (TPSA) is 52.0 Å². The van der Waals surface area contributed by atoms with Crippen molar-refractivity contribution in [1.82, 2.24) is 0 Å². The maximum Gasteiger partial charge on any atom is 0.0405 e. The van der Waals surface area contributed by atoms with E-state index in [9.17, 15) is 0 Å². The highest BCUT2D eigenvalue weighted by Crippen LogP contribution is 2.46. The van der Waals surface area contributed by atoms with E-state index in [1.54, 1.807) is 0 Å². The van der Waals surface area contributed by atoms with Gasteiger partial charge in [0.1, 0.15) is 0 Å². The van der Waals surface area contributed by atoms with Gasteiger partial charge < -0.3 is 11.5 Å². The van der Waals surface area contributed by atoms with Crippen LogP contribution in [0.25, 0.3) is 0 Å². The van der Waals surface area contributed by atoms with Crippen LogP contribution in [0.15, 0.2) is 18.2 Å². The number of allylic oxidation sites excluding steroid dienone is 2. The average molecular weight is 369 g/mol. The van der Waals surface area contributed by atoms with Crippen molar-refractivity contribution in [2.24, 2.45) is 0 Å². The van der Waals surface area contributed by atoms with Gasteiger partial charge in [-0.1, -0.05) is 57.6 Å². The molecular weight excluding hydrogens is 328 g/mol. The summed E-state index contributed by atoms with van der Waals surface area (Å²) in [4.78, 5) is 0. The summed E-state index contributed by atoms with van der Waals surface area (Å²) in [5.41, 5.74) is 19.7. The molecule has 0 amide bonds. The number of anilines is 2. The molecule has 0 bridgehead atoms. The molecule has 0 heterocycles. The first-order valence-corrected chi connectivity index (χ1v) is 11.6. The number of unbranched alkanes of at least 4 members (excludes halogenated alkanes) is 1. The van der Waals surface area contributed by atoms with Crippen molar-refractivity contribution in [2.75, 3.05) is 11.5 Å². The molecule has 2 aliphatic rings. The molecule has 2 aliphatic carbocycles. The van der Waals surface area contributed by atoms with Crippen LogP contribution in [-0.4, -0.2) is 0 Å². The van der Waals surface area contributed by atoms with Gasteiger partial charge in [0.15, 0.2) is 0 Å². The number of rotatable bonds is 7. The van der Waals surface area contributed by atoms with E-state index < -0.39 is 0 Å². The summed E-state index contributed by atoms with van der Waals surface area (Å²) in [6.45, 7) is 2.19. The highest BCUT2D eigenvalue weighted by Gasteiger charge is 2.28. The van der Waals surface area contributed by atoms with Gasteiger partial charge in [-0.25, -0.2) is 0 Å². The Morgan fingerprint density at radius 3 is 2.15 bits per heavy atom. The molecule has 0 radical (unpaired) electrons. The maximum atomic E-state index is 6.87. The minimum absolute atomic E-state index is 0.662. The van der Waals surface area contributed by atoms with Gasteiger partial charge in [0.2, 0.25) is 0 Å². The second kappa shape index (κ2) is 10.2. The van der Waals surface area contributed by atoms with Gasteiger partial charge >= 0.3 is 0 Å². The smallest absolute Gasteiger partial charge is 0.0405 e. The Morgan fingerprint density at radius 2 is 1.52 bits per heavy atom. The number of hydrogen-bond donors (Lipinski definition) is 2. The van der Waals surface area contributed by atoms with E-state index in [-0.39, 0.29) is 0 Å². The molecule has 0 spiro atoms. The average Bonchev–Trinajstić information content (AvgIpc) is 2.71. The van der Waals surface area contributed by atoms with E-state index in [2.05, 4.69) is 25.1 Å². The lowest BCUT2D eigenvalue weighted by Gasteiger charge is -2.32. The third kappa shape index (κ3) is 5.09. The first-order chi connectivity index (χ1) is 13.2. The summed E-state index contributed by atoms with van der Waals surface area (Å²) in [5, 5.41) is 0. The zero-order chi connectivity index (χ0) is 19.1. The van der Waals surface area contributed by atoms with Crippen LogP contribution in [0, 0.1) is 0 Å². The summed E-state index contributed by atoms with van der Waals surface area (Å²) in [6.07, 6.45) is 22.4. The monoisotopic (exact) mass is 368 g/mol. The van der Waals surface area contributed by atoms with Crippen LogP contribution < -0.4 is 11.5 Å². The van der Waals surface area contributed by atoms with E-state index in [4.69, 9.17) is 11.5 Å². The molecule has 0 saturated heterocycles. The molecule has 1 aromatic rings. The van der Waals surface area contributed by atoms with Gasteiger partial charge in [-0.2, -0.15) is 0 Å². The molecule has 1 aromatic carbocycles. The van der Waals surface area contributed by atoms with Crippen molar-refractivity contribution < 1.29 is 0 Å². The first kappa shape index (κ1) is 20.3. The number of benzene rings is 1. The lowest BCUT2D eigenvalue weighted by atomic mass is 9.74. The van der Waals surface area contributed by atoms with Gasteiger partial charge in [-0.3, -0.25) is 0 Å². The summed E-state index contributed by atoms with van der Waals surface area (Å²) in [7, 11) is 0. The Labute approximate surface area is 166 Å². The minimum Gasteiger partial charge on any atom is -0.398 e. The molecule has 2 saturated carbocycles. The van der Waals surface area contributed by atoms with Crippen LogP contribution in [0.1, 0.15) is 119 Å². The Morgan fingerprint density at radius 1 is 0.889 bits per heavy atom. The SMILES string of the molecule is CCC=CCCCc1c(N)cc(C2CCCCC2)c(C2CCCCC2)c1N. The summed E-state index contributed by atoms with van der Waals surface area (Å²) in [6, 6.07) is 2.34. The predicted molar refractivity (Wildman–Crippen MR) is 119 cm³/mol. The van der Waals surface area contributed by atoms with Crippen LogP contribution in [0.5, 0.6) is 0 Å². The minimum atomic E-state index is 0.662. The summed E-state index contributed by atoms with van der Waals surface area (Å²) >= 11 is 0. The summed E-state index contributed by atoms with van der Waals surface area (Å²) in [5.74, 6) is 1.34. The largest absolute Gasteiger partial charge is 0.398 e. The quantitative estimate of drug-likeness (QED) is 0.303. The predicted octanol–water partition coefficient (Wildman–Crippen LogP) is 7.24. The fraction of sp³-hybridized carbons (Fsp3) is 0.680. The molecule has 0 unspecified atom stereocenters. The molecule has 2 nitrogen and oxygen atoms in total. The molecule has 0 aromatic heterocycles. The Bertz CT molecular complexity index is 620. The van der Waals surface area contributed by atoms with Crippen molar-refractivity contribution >= 4 is 11.4 Å². The second-order valence-electron chi connectivity index (χ2n) is 8.80. The molecule has 0 atom stereocenters. The van der Waals surface area contributed by atoms with E-state index in [0.29, 0.717) is 11.8 Å². The van der Waals surface area contributed by atoms with E-state index in [1.165, 1.54) is 80.9 Å². The van der Waals surface area contributed by atoms with E-state index in [0.717, 1.165) is 37.1 Å². The number of nitrogen functional groups attached to an aromatic ring is 2. The second-order valence-corrected chi connectivity index (χ2v) is 8.80. The van der Waals surface area contributed by atoms with Gasteiger partial charge in [0.25, 0.3) is 0 Å². The Balaban J connectivity index is 1.89. The van der Waals surface area contributed by atoms with Gasteiger partial charge in [0.05, 0.1) is 0 Å². The van der Waals surface area contributed by atoms with Crippen LogP contribution >= 0.6 is 0 Å². The highest BCUT2D eigenvalue weighted by atomic mass is 14.6. The summed E-state index contributed by atoms with van der Waals surface area (Å²) < 4.78 is 0. The number of nitrogens with two attached hydrogens (primary N) is 2. The van der Waals surface area contributed by atoms with Crippen LogP contribution in [-0.2, 0) is 6.42 Å². The Kier molecular flexibility index (Phi) is 7.67. The van der Waals surface area contributed by atoms with Crippen molar-refractivity contribution in [3.63, 3.8) is 0 Å². The van der Waals surface area contributed by atoms with Crippen molar-refractivity contribution in [2.45, 2.75) is 109 Å². The fourth-order valence-corrected chi connectivity index (χ4v) is 5.36. The fourth-order valence-electron chi connectivity index (χ4n) is 5.36. The molecule has 0 aliphatic heterocycles. The maximum absolute atomic E-state index is 6.87. The normalized spacial score (nSPS) is 19.7. The molecule has 2 heteroatoms. The molecule has 3 rings (SSSR count). The van der Waals surface area contributed by atoms with Crippen LogP contribution in [0.3, 0.4) is 0 Å².